The molecule has 0 spiro atoms. The van der Waals surface area contributed by atoms with Crippen LogP contribution in [0.5, 0.6) is 0 Å². The van der Waals surface area contributed by atoms with Crippen LogP contribution in [-0.4, -0.2) is 47.2 Å². The number of alkyl halides is 4. The van der Waals surface area contributed by atoms with Crippen molar-refractivity contribution < 1.29 is 27.6 Å². The van der Waals surface area contributed by atoms with Gasteiger partial charge < -0.3 is 5.32 Å². The summed E-state index contributed by atoms with van der Waals surface area (Å²) < 4.78 is 35.4. The first-order valence-corrected chi connectivity index (χ1v) is 6.17. The van der Waals surface area contributed by atoms with E-state index in [1.807, 2.05) is 0 Å². The molecule has 1 N–H and O–H groups in total. The van der Waals surface area contributed by atoms with Crippen molar-refractivity contribution in [3.8, 4) is 0 Å². The van der Waals surface area contributed by atoms with Crippen LogP contribution in [0.3, 0.4) is 0 Å². The molecule has 0 rings (SSSR count). The van der Waals surface area contributed by atoms with Crippen LogP contribution in [0.25, 0.3) is 0 Å². The first-order chi connectivity index (χ1) is 8.09. The van der Waals surface area contributed by atoms with Crippen LogP contribution in [0.4, 0.5) is 13.2 Å². The molecule has 2 atom stereocenters. The SMILES string of the molecule is CON(C)C(=O)C(I)C[C@H](C)NC(=O)C(F)(F)F. The Kier molecular flexibility index (Phi) is 6.89. The highest BCUT2D eigenvalue weighted by atomic mass is 127. The van der Waals surface area contributed by atoms with E-state index >= 15 is 0 Å². The second kappa shape index (κ2) is 7.12. The third kappa shape index (κ3) is 5.85. The Morgan fingerprint density at radius 2 is 1.94 bits per heavy atom. The summed E-state index contributed by atoms with van der Waals surface area (Å²) in [6.45, 7) is 1.40. The van der Waals surface area contributed by atoms with E-state index in [0.29, 0.717) is 0 Å². The number of halogens is 4. The van der Waals surface area contributed by atoms with E-state index in [9.17, 15) is 22.8 Å². The van der Waals surface area contributed by atoms with E-state index in [0.717, 1.165) is 5.06 Å². The summed E-state index contributed by atoms with van der Waals surface area (Å²) in [7, 11) is 2.70. The lowest BCUT2D eigenvalue weighted by molar-refractivity contribution is -0.174. The Bertz CT molecular complexity index is 312. The van der Waals surface area contributed by atoms with Crippen molar-refractivity contribution in [3.63, 3.8) is 0 Å². The third-order valence-corrected chi connectivity index (χ3v) is 3.09. The third-order valence-electron chi connectivity index (χ3n) is 2.05. The first-order valence-electron chi connectivity index (χ1n) is 4.93. The number of carbonyl (C=O) groups is 2. The molecule has 0 aliphatic rings. The first kappa shape index (κ1) is 17.4. The lowest BCUT2D eigenvalue weighted by Gasteiger charge is -2.21. The van der Waals surface area contributed by atoms with Gasteiger partial charge in [0.25, 0.3) is 5.91 Å². The number of nitrogens with one attached hydrogen (secondary N) is 1. The number of hydroxylamine groups is 2. The van der Waals surface area contributed by atoms with Crippen LogP contribution in [0.15, 0.2) is 0 Å². The van der Waals surface area contributed by atoms with Crippen LogP contribution in [0, 0.1) is 0 Å². The molecule has 0 radical (unpaired) electrons. The molecular weight excluding hydrogens is 368 g/mol. The number of hydrogen-bond donors (Lipinski definition) is 1. The van der Waals surface area contributed by atoms with E-state index in [1.54, 1.807) is 27.9 Å². The monoisotopic (exact) mass is 382 g/mol. The number of rotatable bonds is 5. The zero-order valence-electron chi connectivity index (χ0n) is 10.0. The van der Waals surface area contributed by atoms with Gasteiger partial charge in [0, 0.05) is 13.1 Å². The van der Waals surface area contributed by atoms with Gasteiger partial charge in [-0.05, 0) is 13.3 Å². The average Bonchev–Trinajstić information content (AvgIpc) is 2.25. The van der Waals surface area contributed by atoms with Gasteiger partial charge in [-0.3, -0.25) is 14.4 Å². The molecule has 0 saturated carbocycles. The molecule has 0 aliphatic carbocycles. The Hall–Kier alpha value is -0.580. The quantitative estimate of drug-likeness (QED) is 0.443. The summed E-state index contributed by atoms with van der Waals surface area (Å²) in [4.78, 5) is 26.9. The number of amides is 2. The van der Waals surface area contributed by atoms with Crippen molar-refractivity contribution >= 4 is 34.4 Å². The Balaban J connectivity index is 4.29. The number of nitrogens with zero attached hydrogens (tertiary/aromatic N) is 1. The van der Waals surface area contributed by atoms with Gasteiger partial charge >= 0.3 is 12.1 Å². The minimum absolute atomic E-state index is 0.0783. The molecule has 0 aromatic rings. The molecule has 0 aliphatic heterocycles. The highest BCUT2D eigenvalue weighted by Gasteiger charge is 2.39. The summed E-state index contributed by atoms with van der Waals surface area (Å²) in [5.74, 6) is -2.39. The second-order valence-electron chi connectivity index (χ2n) is 3.59. The van der Waals surface area contributed by atoms with E-state index in [2.05, 4.69) is 4.84 Å². The fraction of sp³-hybridized carbons (Fsp3) is 0.778. The fourth-order valence-electron chi connectivity index (χ4n) is 1.06. The molecule has 5 nitrogen and oxygen atoms in total. The second-order valence-corrected chi connectivity index (χ2v) is 5.10. The average molecular weight is 382 g/mol. The summed E-state index contributed by atoms with van der Waals surface area (Å²) in [5, 5.41) is 2.76. The molecule has 106 valence electrons. The van der Waals surface area contributed by atoms with Crippen molar-refractivity contribution in [1.82, 2.24) is 10.4 Å². The molecule has 18 heavy (non-hydrogen) atoms. The predicted octanol–water partition coefficient (Wildman–Crippen LogP) is 1.27. The normalized spacial score (nSPS) is 14.8. The Morgan fingerprint density at radius 3 is 2.33 bits per heavy atom. The van der Waals surface area contributed by atoms with E-state index in [1.165, 1.54) is 21.1 Å². The largest absolute Gasteiger partial charge is 0.471 e. The summed E-state index contributed by atoms with van der Waals surface area (Å²) in [6, 6.07) is -0.768. The van der Waals surface area contributed by atoms with Gasteiger partial charge in [0.05, 0.1) is 11.0 Å². The molecule has 2 amide bonds. The van der Waals surface area contributed by atoms with E-state index in [-0.39, 0.29) is 12.3 Å². The minimum atomic E-state index is -4.91. The van der Waals surface area contributed by atoms with Crippen LogP contribution >= 0.6 is 22.6 Å². The number of carbonyl (C=O) groups excluding carboxylic acids is 2. The minimum Gasteiger partial charge on any atom is -0.346 e. The van der Waals surface area contributed by atoms with Gasteiger partial charge in [0.2, 0.25) is 0 Å². The molecule has 0 bridgehead atoms. The fourth-order valence-corrected chi connectivity index (χ4v) is 2.22. The lowest BCUT2D eigenvalue weighted by atomic mass is 10.1. The van der Waals surface area contributed by atoms with Crippen molar-refractivity contribution in [2.45, 2.75) is 29.5 Å². The van der Waals surface area contributed by atoms with E-state index < -0.39 is 22.0 Å². The number of hydrogen-bond acceptors (Lipinski definition) is 3. The molecule has 0 aromatic heterocycles. The maximum absolute atomic E-state index is 12.0. The van der Waals surface area contributed by atoms with Crippen LogP contribution < -0.4 is 5.32 Å². The van der Waals surface area contributed by atoms with Crippen molar-refractivity contribution in [2.24, 2.45) is 0 Å². The predicted molar refractivity (Wildman–Crippen MR) is 65.9 cm³/mol. The van der Waals surface area contributed by atoms with Gasteiger partial charge in [-0.25, -0.2) is 5.06 Å². The Labute approximate surface area is 116 Å². The summed E-state index contributed by atoms with van der Waals surface area (Å²) in [6.07, 6.45) is -4.84. The van der Waals surface area contributed by atoms with Crippen LogP contribution in [-0.2, 0) is 14.4 Å². The summed E-state index contributed by atoms with van der Waals surface area (Å²) >= 11 is 1.79. The van der Waals surface area contributed by atoms with Gasteiger partial charge in [-0.15, -0.1) is 0 Å². The maximum atomic E-state index is 12.0. The van der Waals surface area contributed by atoms with Crippen molar-refractivity contribution in [2.75, 3.05) is 14.2 Å². The van der Waals surface area contributed by atoms with E-state index in [4.69, 9.17) is 0 Å². The molecule has 0 fully saturated rings. The van der Waals surface area contributed by atoms with Crippen molar-refractivity contribution in [1.29, 1.82) is 0 Å². The maximum Gasteiger partial charge on any atom is 0.471 e. The smallest absolute Gasteiger partial charge is 0.346 e. The highest BCUT2D eigenvalue weighted by molar-refractivity contribution is 14.1. The van der Waals surface area contributed by atoms with Gasteiger partial charge in [0.1, 0.15) is 0 Å². The zero-order chi connectivity index (χ0) is 14.5. The molecule has 1 unspecified atom stereocenters. The molecular formula is C9H14F3IN2O3. The van der Waals surface area contributed by atoms with Gasteiger partial charge in [0.15, 0.2) is 0 Å². The van der Waals surface area contributed by atoms with Crippen LogP contribution in [0.1, 0.15) is 13.3 Å². The Morgan fingerprint density at radius 1 is 1.44 bits per heavy atom. The standard InChI is InChI=1S/C9H14F3IN2O3/c1-5(14-8(17)9(10,11)12)4-6(13)7(16)15(2)18-3/h5-6H,4H2,1-3H3,(H,14,17)/t5-,6?/m0/s1. The molecule has 0 heterocycles. The molecule has 0 saturated heterocycles. The molecule has 0 aromatic carbocycles. The topological polar surface area (TPSA) is 58.6 Å². The summed E-state index contributed by atoms with van der Waals surface area (Å²) in [5.41, 5.74) is 0. The molecule has 9 heteroatoms. The van der Waals surface area contributed by atoms with Gasteiger partial charge in [-0.1, -0.05) is 22.6 Å². The van der Waals surface area contributed by atoms with Crippen molar-refractivity contribution in [3.05, 3.63) is 0 Å². The van der Waals surface area contributed by atoms with Gasteiger partial charge in [-0.2, -0.15) is 13.2 Å². The lowest BCUT2D eigenvalue weighted by Crippen LogP contribution is -2.44. The van der Waals surface area contributed by atoms with Crippen LogP contribution in [0.2, 0.25) is 0 Å². The zero-order valence-corrected chi connectivity index (χ0v) is 12.2. The highest BCUT2D eigenvalue weighted by Crippen LogP contribution is 2.16.